The summed E-state index contributed by atoms with van der Waals surface area (Å²) < 4.78 is 27.8. The number of amides is 1. The van der Waals surface area contributed by atoms with Crippen LogP contribution in [0.15, 0.2) is 22.5 Å². The van der Waals surface area contributed by atoms with E-state index in [1.54, 1.807) is 6.07 Å². The molecular weight excluding hydrogens is 326 g/mol. The molecule has 0 aliphatic carbocycles. The second-order valence-electron chi connectivity index (χ2n) is 4.73. The lowest BCUT2D eigenvalue weighted by Crippen LogP contribution is -2.20. The smallest absolute Gasteiger partial charge is 0.264 e. The number of hydrogen-bond acceptors (Lipinski definition) is 7. The summed E-state index contributed by atoms with van der Waals surface area (Å²) in [6.45, 7) is 3.74. The molecule has 1 heterocycles. The van der Waals surface area contributed by atoms with Crippen molar-refractivity contribution in [3.63, 3.8) is 0 Å². The quantitative estimate of drug-likeness (QED) is 0.829. The van der Waals surface area contributed by atoms with Gasteiger partial charge >= 0.3 is 0 Å². The van der Waals surface area contributed by atoms with Crippen molar-refractivity contribution in [3.8, 4) is 5.75 Å². The highest BCUT2D eigenvalue weighted by molar-refractivity contribution is 7.92. The van der Waals surface area contributed by atoms with Gasteiger partial charge in [0.05, 0.1) is 0 Å². The average molecular weight is 341 g/mol. The van der Waals surface area contributed by atoms with E-state index in [1.165, 1.54) is 0 Å². The molecular formula is C13H15N3O4S2. The molecule has 0 atom stereocenters. The summed E-state index contributed by atoms with van der Waals surface area (Å²) in [5.41, 5.74) is 2.21. The first-order valence-corrected chi connectivity index (χ1v) is 9.00. The van der Waals surface area contributed by atoms with Gasteiger partial charge in [0.2, 0.25) is 19.3 Å². The number of carbonyl (C=O) groups excluding carboxylic acids is 1. The molecule has 7 nitrogen and oxygen atoms in total. The van der Waals surface area contributed by atoms with Gasteiger partial charge in [-0.1, -0.05) is 17.4 Å². The summed E-state index contributed by atoms with van der Waals surface area (Å²) in [6.07, 6.45) is 1.03. The van der Waals surface area contributed by atoms with Crippen LogP contribution in [0.4, 0.5) is 5.13 Å². The lowest BCUT2D eigenvalue weighted by atomic mass is 10.1. The number of sulfone groups is 1. The van der Waals surface area contributed by atoms with E-state index < -0.39 is 15.7 Å². The number of ether oxygens (including phenoxy) is 1. The lowest BCUT2D eigenvalue weighted by molar-refractivity contribution is -0.118. The van der Waals surface area contributed by atoms with Gasteiger partial charge < -0.3 is 4.74 Å². The maximum Gasteiger partial charge on any atom is 0.264 e. The van der Waals surface area contributed by atoms with Crippen molar-refractivity contribution < 1.29 is 17.9 Å². The van der Waals surface area contributed by atoms with Crippen molar-refractivity contribution in [3.05, 3.63) is 29.3 Å². The summed E-state index contributed by atoms with van der Waals surface area (Å²) in [4.78, 5) is 11.7. The summed E-state index contributed by atoms with van der Waals surface area (Å²) in [5.74, 6) is 0.154. The van der Waals surface area contributed by atoms with Gasteiger partial charge in [0.1, 0.15) is 5.75 Å². The van der Waals surface area contributed by atoms with Gasteiger partial charge in [-0.05, 0) is 37.1 Å². The standard InChI is InChI=1S/C13H15N3O4S2/c1-8-4-5-10(6-9(8)2)20-7-11(17)14-12-15-16-13(21-12)22(3,18)19/h4-6H,7H2,1-3H3,(H,14,15,17). The molecule has 0 bridgehead atoms. The van der Waals surface area contributed by atoms with Gasteiger partial charge in [0, 0.05) is 6.26 Å². The van der Waals surface area contributed by atoms with Gasteiger partial charge in [-0.2, -0.15) is 0 Å². The number of anilines is 1. The van der Waals surface area contributed by atoms with Crippen molar-refractivity contribution in [1.29, 1.82) is 0 Å². The zero-order chi connectivity index (χ0) is 16.3. The Hall–Kier alpha value is -2.00. The van der Waals surface area contributed by atoms with Gasteiger partial charge in [-0.3, -0.25) is 10.1 Å². The fourth-order valence-corrected chi connectivity index (χ4v) is 3.04. The van der Waals surface area contributed by atoms with Gasteiger partial charge in [-0.15, -0.1) is 10.2 Å². The first-order chi connectivity index (χ1) is 10.3. The second kappa shape index (κ2) is 6.41. The molecule has 0 saturated carbocycles. The van der Waals surface area contributed by atoms with E-state index in [-0.39, 0.29) is 16.1 Å². The Bertz CT molecular complexity index is 799. The summed E-state index contributed by atoms with van der Waals surface area (Å²) in [7, 11) is -3.42. The number of carbonyl (C=O) groups is 1. The zero-order valence-electron chi connectivity index (χ0n) is 12.3. The third-order valence-electron chi connectivity index (χ3n) is 2.82. The Morgan fingerprint density at radius 2 is 2.00 bits per heavy atom. The van der Waals surface area contributed by atoms with Crippen LogP contribution in [0.5, 0.6) is 5.75 Å². The van der Waals surface area contributed by atoms with Crippen LogP contribution >= 0.6 is 11.3 Å². The molecule has 2 rings (SSSR count). The van der Waals surface area contributed by atoms with Crippen LogP contribution in [-0.2, 0) is 14.6 Å². The minimum Gasteiger partial charge on any atom is -0.484 e. The van der Waals surface area contributed by atoms with Crippen molar-refractivity contribution in [2.24, 2.45) is 0 Å². The number of hydrogen-bond donors (Lipinski definition) is 1. The minimum atomic E-state index is -3.42. The summed E-state index contributed by atoms with van der Waals surface area (Å²) in [5, 5.41) is 9.68. The monoisotopic (exact) mass is 341 g/mol. The predicted octanol–water partition coefficient (Wildman–Crippen LogP) is 1.58. The molecule has 0 spiro atoms. The summed E-state index contributed by atoms with van der Waals surface area (Å²) >= 11 is 0.797. The van der Waals surface area contributed by atoms with Crippen molar-refractivity contribution in [2.75, 3.05) is 18.2 Å². The van der Waals surface area contributed by atoms with Crippen LogP contribution < -0.4 is 10.1 Å². The molecule has 0 aliphatic rings. The molecule has 1 aromatic heterocycles. The van der Waals surface area contributed by atoms with Crippen LogP contribution in [0.25, 0.3) is 0 Å². The largest absolute Gasteiger partial charge is 0.484 e. The number of benzene rings is 1. The molecule has 9 heteroatoms. The topological polar surface area (TPSA) is 98.2 Å². The van der Waals surface area contributed by atoms with Crippen LogP contribution in [0.2, 0.25) is 0 Å². The Labute approximate surface area is 132 Å². The molecule has 0 saturated heterocycles. The fourth-order valence-electron chi connectivity index (χ4n) is 1.52. The van der Waals surface area contributed by atoms with E-state index in [0.29, 0.717) is 5.75 Å². The average Bonchev–Trinajstić information content (AvgIpc) is 2.88. The Balaban J connectivity index is 1.93. The Morgan fingerprint density at radius 1 is 1.27 bits per heavy atom. The highest BCUT2D eigenvalue weighted by Gasteiger charge is 2.15. The zero-order valence-corrected chi connectivity index (χ0v) is 13.9. The number of nitrogens with zero attached hydrogens (tertiary/aromatic N) is 2. The molecule has 1 aromatic carbocycles. The lowest BCUT2D eigenvalue weighted by Gasteiger charge is -2.07. The normalized spacial score (nSPS) is 11.2. The third kappa shape index (κ3) is 4.25. The first kappa shape index (κ1) is 16.4. The van der Waals surface area contributed by atoms with Crippen LogP contribution in [0.1, 0.15) is 11.1 Å². The highest BCUT2D eigenvalue weighted by Crippen LogP contribution is 2.20. The maximum absolute atomic E-state index is 11.7. The number of aryl methyl sites for hydroxylation is 2. The highest BCUT2D eigenvalue weighted by atomic mass is 32.2. The molecule has 1 amide bonds. The predicted molar refractivity (Wildman–Crippen MR) is 83.1 cm³/mol. The summed E-state index contributed by atoms with van der Waals surface area (Å²) in [6, 6.07) is 5.53. The van der Waals surface area contributed by atoms with Crippen LogP contribution in [-0.4, -0.2) is 37.4 Å². The van der Waals surface area contributed by atoms with Crippen LogP contribution in [0.3, 0.4) is 0 Å². The van der Waals surface area contributed by atoms with Crippen molar-refractivity contribution in [2.45, 2.75) is 18.2 Å². The van der Waals surface area contributed by atoms with Gasteiger partial charge in [-0.25, -0.2) is 8.42 Å². The van der Waals surface area contributed by atoms with Gasteiger partial charge in [0.15, 0.2) is 6.61 Å². The second-order valence-corrected chi connectivity index (χ2v) is 7.90. The van der Waals surface area contributed by atoms with Crippen LogP contribution in [0, 0.1) is 13.8 Å². The molecule has 22 heavy (non-hydrogen) atoms. The SMILES string of the molecule is Cc1ccc(OCC(=O)Nc2nnc(S(C)(=O)=O)s2)cc1C. The molecule has 2 aromatic rings. The number of aromatic nitrogens is 2. The van der Waals surface area contributed by atoms with E-state index in [4.69, 9.17) is 4.74 Å². The minimum absolute atomic E-state index is 0.120. The molecule has 1 N–H and O–H groups in total. The molecule has 0 unspecified atom stereocenters. The number of nitrogens with one attached hydrogen (secondary N) is 1. The van der Waals surface area contributed by atoms with E-state index >= 15 is 0 Å². The van der Waals surface area contributed by atoms with E-state index in [0.717, 1.165) is 28.7 Å². The third-order valence-corrected chi connectivity index (χ3v) is 5.33. The molecule has 0 radical (unpaired) electrons. The first-order valence-electron chi connectivity index (χ1n) is 6.29. The maximum atomic E-state index is 11.7. The molecule has 0 aliphatic heterocycles. The Morgan fingerprint density at radius 3 is 2.59 bits per heavy atom. The van der Waals surface area contributed by atoms with Crippen molar-refractivity contribution >= 4 is 32.2 Å². The fraction of sp³-hybridized carbons (Fsp3) is 0.308. The van der Waals surface area contributed by atoms with E-state index in [9.17, 15) is 13.2 Å². The molecule has 0 fully saturated rings. The van der Waals surface area contributed by atoms with E-state index in [1.807, 2.05) is 26.0 Å². The Kier molecular flexibility index (Phi) is 4.77. The number of rotatable bonds is 5. The van der Waals surface area contributed by atoms with E-state index in [2.05, 4.69) is 15.5 Å². The van der Waals surface area contributed by atoms with Gasteiger partial charge in [0.25, 0.3) is 5.91 Å². The van der Waals surface area contributed by atoms with Crippen molar-refractivity contribution in [1.82, 2.24) is 10.2 Å². The molecule has 118 valence electrons.